The van der Waals surface area contributed by atoms with Crippen molar-refractivity contribution in [2.24, 2.45) is 0 Å². The van der Waals surface area contributed by atoms with Crippen LogP contribution in [0.1, 0.15) is 24.0 Å². The van der Waals surface area contributed by atoms with Gasteiger partial charge in [-0.15, -0.1) is 11.8 Å². The van der Waals surface area contributed by atoms with Crippen LogP contribution in [0, 0.1) is 6.92 Å². The van der Waals surface area contributed by atoms with Gasteiger partial charge in [0.15, 0.2) is 0 Å². The van der Waals surface area contributed by atoms with Crippen LogP contribution in [0.5, 0.6) is 0 Å². The van der Waals surface area contributed by atoms with Gasteiger partial charge in [-0.3, -0.25) is 0 Å². The van der Waals surface area contributed by atoms with Crippen LogP contribution in [-0.4, -0.2) is 11.4 Å². The molecule has 70 valence electrons. The van der Waals surface area contributed by atoms with Crippen molar-refractivity contribution in [1.82, 2.24) is 0 Å². The van der Waals surface area contributed by atoms with Gasteiger partial charge in [0.25, 0.3) is 0 Å². The molecule has 0 heterocycles. The summed E-state index contributed by atoms with van der Waals surface area (Å²) in [5, 5.41) is 9.94. The van der Waals surface area contributed by atoms with Gasteiger partial charge >= 0.3 is 0 Å². The highest BCUT2D eigenvalue weighted by molar-refractivity contribution is 7.98. The van der Waals surface area contributed by atoms with E-state index < -0.39 is 5.60 Å². The largest absolute Gasteiger partial charge is 0.385 e. The van der Waals surface area contributed by atoms with E-state index in [1.807, 2.05) is 0 Å². The molecule has 1 aliphatic rings. The lowest BCUT2D eigenvalue weighted by Gasteiger charge is -2.12. The summed E-state index contributed by atoms with van der Waals surface area (Å²) in [5.74, 6) is 0. The molecule has 0 atom stereocenters. The van der Waals surface area contributed by atoms with E-state index in [9.17, 15) is 5.11 Å². The van der Waals surface area contributed by atoms with Gasteiger partial charge in [-0.2, -0.15) is 0 Å². The van der Waals surface area contributed by atoms with E-state index in [1.54, 1.807) is 11.8 Å². The number of hydrogen-bond acceptors (Lipinski definition) is 2. The van der Waals surface area contributed by atoms with Gasteiger partial charge in [0, 0.05) is 4.90 Å². The second-order valence-electron chi connectivity index (χ2n) is 3.71. The first-order valence-electron chi connectivity index (χ1n) is 4.53. The van der Waals surface area contributed by atoms with Gasteiger partial charge in [-0.1, -0.05) is 6.07 Å². The third-order valence-corrected chi connectivity index (χ3v) is 3.38. The lowest BCUT2D eigenvalue weighted by atomic mass is 10.0. The van der Waals surface area contributed by atoms with Crippen molar-refractivity contribution >= 4 is 11.8 Å². The lowest BCUT2D eigenvalue weighted by Crippen LogP contribution is -2.06. The molecule has 0 amide bonds. The van der Waals surface area contributed by atoms with Crippen LogP contribution in [0.3, 0.4) is 0 Å². The van der Waals surface area contributed by atoms with Crippen LogP contribution in [0.2, 0.25) is 0 Å². The van der Waals surface area contributed by atoms with Crippen molar-refractivity contribution in [2.75, 3.05) is 6.26 Å². The quantitative estimate of drug-likeness (QED) is 0.730. The molecule has 0 aliphatic heterocycles. The molecule has 0 bridgehead atoms. The predicted molar refractivity (Wildman–Crippen MR) is 56.1 cm³/mol. The van der Waals surface area contributed by atoms with E-state index in [1.165, 1.54) is 10.5 Å². The normalized spacial score (nSPS) is 18.7. The Kier molecular flexibility index (Phi) is 2.12. The number of rotatable bonds is 2. The maximum Gasteiger partial charge on any atom is 0.0901 e. The van der Waals surface area contributed by atoms with Crippen molar-refractivity contribution < 1.29 is 5.11 Å². The summed E-state index contributed by atoms with van der Waals surface area (Å²) < 4.78 is 0. The summed E-state index contributed by atoms with van der Waals surface area (Å²) in [7, 11) is 0. The van der Waals surface area contributed by atoms with E-state index in [4.69, 9.17) is 0 Å². The maximum atomic E-state index is 9.94. The fraction of sp³-hybridized carbons (Fsp3) is 0.455. The molecule has 1 nitrogen and oxygen atoms in total. The zero-order valence-corrected chi connectivity index (χ0v) is 8.82. The van der Waals surface area contributed by atoms with Gasteiger partial charge in [0.2, 0.25) is 0 Å². The van der Waals surface area contributed by atoms with Gasteiger partial charge in [-0.25, -0.2) is 0 Å². The standard InChI is InChI=1S/C11H14OS/c1-8-7-9(13-2)3-4-10(8)11(12)5-6-11/h3-4,7,12H,5-6H2,1-2H3. The molecule has 0 spiro atoms. The number of aliphatic hydroxyl groups is 1. The van der Waals surface area contributed by atoms with Gasteiger partial charge in [0.05, 0.1) is 5.60 Å². The van der Waals surface area contributed by atoms with E-state index in [0.717, 1.165) is 18.4 Å². The van der Waals surface area contributed by atoms with Crippen LogP contribution in [0.15, 0.2) is 23.1 Å². The van der Waals surface area contributed by atoms with Crippen molar-refractivity contribution in [3.8, 4) is 0 Å². The Balaban J connectivity index is 2.38. The predicted octanol–water partition coefficient (Wildman–Crippen LogP) is 2.70. The highest BCUT2D eigenvalue weighted by Gasteiger charge is 2.42. The Morgan fingerprint density at radius 1 is 1.38 bits per heavy atom. The first-order chi connectivity index (χ1) is 6.15. The molecule has 1 aliphatic carbocycles. The highest BCUT2D eigenvalue weighted by atomic mass is 32.2. The Bertz CT molecular complexity index is 329. The fourth-order valence-electron chi connectivity index (χ4n) is 1.67. The highest BCUT2D eigenvalue weighted by Crippen LogP contribution is 2.46. The van der Waals surface area contributed by atoms with Crippen molar-refractivity contribution in [1.29, 1.82) is 0 Å². The average molecular weight is 194 g/mol. The summed E-state index contributed by atoms with van der Waals surface area (Å²) in [6.45, 7) is 2.07. The van der Waals surface area contributed by atoms with Gasteiger partial charge in [0.1, 0.15) is 0 Å². The molecule has 13 heavy (non-hydrogen) atoms. The summed E-state index contributed by atoms with van der Waals surface area (Å²) in [5.41, 5.74) is 1.85. The number of benzene rings is 1. The van der Waals surface area contributed by atoms with Crippen molar-refractivity contribution in [3.05, 3.63) is 29.3 Å². The molecule has 0 aromatic heterocycles. The van der Waals surface area contributed by atoms with E-state index in [-0.39, 0.29) is 0 Å². The van der Waals surface area contributed by atoms with Crippen LogP contribution in [0.4, 0.5) is 0 Å². The van der Waals surface area contributed by atoms with Gasteiger partial charge < -0.3 is 5.11 Å². The third kappa shape index (κ3) is 1.61. The monoisotopic (exact) mass is 194 g/mol. The molecule has 1 aromatic rings. The average Bonchev–Trinajstić information content (AvgIpc) is 2.84. The van der Waals surface area contributed by atoms with Crippen molar-refractivity contribution in [3.63, 3.8) is 0 Å². The molecule has 2 rings (SSSR count). The van der Waals surface area contributed by atoms with Crippen molar-refractivity contribution in [2.45, 2.75) is 30.3 Å². The van der Waals surface area contributed by atoms with E-state index in [2.05, 4.69) is 31.4 Å². The Morgan fingerprint density at radius 2 is 2.08 bits per heavy atom. The minimum atomic E-state index is -0.485. The first-order valence-corrected chi connectivity index (χ1v) is 5.76. The minimum Gasteiger partial charge on any atom is -0.385 e. The first kappa shape index (κ1) is 9.10. The molecular weight excluding hydrogens is 180 g/mol. The Labute approximate surface area is 83.2 Å². The SMILES string of the molecule is CSc1ccc(C2(O)CC2)c(C)c1. The van der Waals surface area contributed by atoms with Gasteiger partial charge in [-0.05, 0) is 49.3 Å². The second-order valence-corrected chi connectivity index (χ2v) is 4.59. The van der Waals surface area contributed by atoms with Crippen LogP contribution < -0.4 is 0 Å². The number of thioether (sulfide) groups is 1. The minimum absolute atomic E-state index is 0.485. The molecule has 2 heteroatoms. The van der Waals surface area contributed by atoms with Crippen LogP contribution >= 0.6 is 11.8 Å². The summed E-state index contributed by atoms with van der Waals surface area (Å²) in [6.07, 6.45) is 3.92. The lowest BCUT2D eigenvalue weighted by molar-refractivity contribution is 0.150. The molecule has 1 saturated carbocycles. The third-order valence-electron chi connectivity index (χ3n) is 2.66. The molecule has 0 radical (unpaired) electrons. The van der Waals surface area contributed by atoms with E-state index >= 15 is 0 Å². The summed E-state index contributed by atoms with van der Waals surface area (Å²) >= 11 is 1.74. The smallest absolute Gasteiger partial charge is 0.0901 e. The fourth-order valence-corrected chi connectivity index (χ4v) is 2.17. The molecule has 1 N–H and O–H groups in total. The summed E-state index contributed by atoms with van der Waals surface area (Å²) in [4.78, 5) is 1.27. The topological polar surface area (TPSA) is 20.2 Å². The zero-order valence-electron chi connectivity index (χ0n) is 8.00. The number of hydrogen-bond donors (Lipinski definition) is 1. The molecule has 0 unspecified atom stereocenters. The molecule has 1 fully saturated rings. The number of aryl methyl sites for hydroxylation is 1. The Hall–Kier alpha value is -0.470. The Morgan fingerprint density at radius 3 is 2.54 bits per heavy atom. The molecule has 1 aromatic carbocycles. The molecular formula is C11H14OS. The molecule has 0 saturated heterocycles. The van der Waals surface area contributed by atoms with Crippen LogP contribution in [0.25, 0.3) is 0 Å². The van der Waals surface area contributed by atoms with Crippen LogP contribution in [-0.2, 0) is 5.60 Å². The zero-order chi connectivity index (χ0) is 9.47. The van der Waals surface area contributed by atoms with E-state index in [0.29, 0.717) is 0 Å². The maximum absolute atomic E-state index is 9.94. The summed E-state index contributed by atoms with van der Waals surface area (Å²) in [6, 6.07) is 6.30. The second kappa shape index (κ2) is 3.03.